The van der Waals surface area contributed by atoms with Gasteiger partial charge in [0.1, 0.15) is 11.5 Å². The molecule has 2 unspecified atom stereocenters. The van der Waals surface area contributed by atoms with Crippen molar-refractivity contribution in [1.29, 1.82) is 0 Å². The van der Waals surface area contributed by atoms with Gasteiger partial charge in [-0.25, -0.2) is 0 Å². The molecule has 3 saturated carbocycles. The summed E-state index contributed by atoms with van der Waals surface area (Å²) in [5.41, 5.74) is 4.04. The van der Waals surface area contributed by atoms with Crippen molar-refractivity contribution in [2.24, 2.45) is 34.8 Å². The van der Waals surface area contributed by atoms with Gasteiger partial charge in [0.25, 0.3) is 0 Å². The maximum absolute atomic E-state index is 14.0. The largest absolute Gasteiger partial charge is 0.507 e. The summed E-state index contributed by atoms with van der Waals surface area (Å²) in [6.07, 6.45) is 4.83. The van der Waals surface area contributed by atoms with Crippen LogP contribution < -0.4 is 10.5 Å². The fourth-order valence-corrected chi connectivity index (χ4v) is 8.31. The topological polar surface area (TPSA) is 168 Å². The number of carbonyl (C=O) groups excluding carboxylic acids is 5. The van der Waals surface area contributed by atoms with Crippen molar-refractivity contribution in [3.63, 3.8) is 0 Å². The minimum atomic E-state index is -2.74. The van der Waals surface area contributed by atoms with Gasteiger partial charge in [-0.2, -0.15) is 0 Å². The lowest BCUT2D eigenvalue weighted by Crippen LogP contribution is -2.74. The molecule has 42 heavy (non-hydrogen) atoms. The van der Waals surface area contributed by atoms with Gasteiger partial charge in [0.05, 0.1) is 24.6 Å². The number of likely N-dealkylation sites (N-methyl/N-ethyl adjacent to an activating group) is 1. The lowest BCUT2D eigenvalue weighted by molar-refractivity contribution is -0.181. The molecule has 4 aliphatic rings. The van der Waals surface area contributed by atoms with Crippen LogP contribution in [0.1, 0.15) is 60.5 Å². The highest BCUT2D eigenvalue weighted by Crippen LogP contribution is 2.52. The first kappa shape index (κ1) is 30.3. The number of phenolic OH excluding ortho intramolecular Hbond substituents is 1. The first-order valence-electron chi connectivity index (χ1n) is 14.7. The number of aromatic hydroxyl groups is 1. The lowest BCUT2D eigenvalue weighted by atomic mass is 9.52. The van der Waals surface area contributed by atoms with Crippen LogP contribution in [-0.4, -0.2) is 95.5 Å². The molecule has 3 fully saturated rings. The second-order valence-corrected chi connectivity index (χ2v) is 13.1. The zero-order chi connectivity index (χ0) is 30.9. The van der Waals surface area contributed by atoms with Crippen LogP contribution >= 0.6 is 0 Å². The van der Waals surface area contributed by atoms with Gasteiger partial charge in [-0.1, -0.05) is 13.3 Å². The van der Waals surface area contributed by atoms with Gasteiger partial charge >= 0.3 is 0 Å². The van der Waals surface area contributed by atoms with Crippen LogP contribution in [0, 0.1) is 29.1 Å². The van der Waals surface area contributed by atoms with E-state index in [4.69, 9.17) is 10.5 Å². The Hall–Kier alpha value is -3.15. The molecule has 0 bridgehead atoms. The smallest absolute Gasteiger partial charge is 0.235 e. The molecule has 11 nitrogen and oxygen atoms in total. The Morgan fingerprint density at radius 1 is 1.14 bits per heavy atom. The molecule has 1 amide bonds. The van der Waals surface area contributed by atoms with Gasteiger partial charge in [0.15, 0.2) is 34.7 Å². The summed E-state index contributed by atoms with van der Waals surface area (Å²) >= 11 is 0. The van der Waals surface area contributed by atoms with Gasteiger partial charge in [-0.05, 0) is 70.6 Å². The van der Waals surface area contributed by atoms with Crippen molar-refractivity contribution in [1.82, 2.24) is 9.80 Å². The van der Waals surface area contributed by atoms with Gasteiger partial charge in [0, 0.05) is 30.1 Å². The number of phenols is 1. The second-order valence-electron chi connectivity index (χ2n) is 13.1. The van der Waals surface area contributed by atoms with Crippen LogP contribution in [0.4, 0.5) is 0 Å². The Labute approximate surface area is 245 Å². The molecule has 0 spiro atoms. The summed E-state index contributed by atoms with van der Waals surface area (Å²) in [4.78, 5) is 70.4. The zero-order valence-electron chi connectivity index (χ0n) is 24.9. The minimum Gasteiger partial charge on any atom is -0.507 e. The molecule has 0 aliphatic heterocycles. The average Bonchev–Trinajstić information content (AvgIpc) is 2.88. The Kier molecular flexibility index (Phi) is 7.60. The Balaban J connectivity index is 1.54. The van der Waals surface area contributed by atoms with Crippen molar-refractivity contribution in [2.75, 3.05) is 34.8 Å². The van der Waals surface area contributed by atoms with Crippen LogP contribution in [0.5, 0.6) is 11.5 Å². The number of methoxy groups -OCH3 is 1. The third kappa shape index (κ3) is 4.31. The fraction of sp³-hybridized carbons (Fsp3) is 0.645. The van der Waals surface area contributed by atoms with Crippen LogP contribution in [0.2, 0.25) is 0 Å². The van der Waals surface area contributed by atoms with Crippen molar-refractivity contribution < 1.29 is 38.9 Å². The highest BCUT2D eigenvalue weighted by Gasteiger charge is 2.69. The number of benzene rings is 1. The number of ketones is 4. The molecule has 5 rings (SSSR count). The molecular weight excluding hydrogens is 542 g/mol. The molecule has 11 heteroatoms. The second kappa shape index (κ2) is 10.5. The highest BCUT2D eigenvalue weighted by molar-refractivity contribution is 6.32. The molecule has 228 valence electrons. The monoisotopic (exact) mass is 583 g/mol. The Morgan fingerprint density at radius 2 is 1.81 bits per heavy atom. The van der Waals surface area contributed by atoms with E-state index in [9.17, 15) is 34.2 Å². The highest BCUT2D eigenvalue weighted by atomic mass is 16.5. The van der Waals surface area contributed by atoms with Crippen molar-refractivity contribution in [2.45, 2.75) is 63.6 Å². The number of carbonyl (C=O) groups is 5. The standard InChI is InChI=1S/C31H41N3O8/c1-6-30(8-7-9-30)14-34(4)13-16-12-19(35)21-17(26(16)42-5)10-15-11-18-23(33(2)3)25(37)22(29(32)40)28(39)31(18,41)27(38)20(15)24(21)36/h12,15,18,20,22-23,35,41H,6-11,13-14H2,1-5H3,(H2,32,40)/t15-,18-,20?,22?,23-,31-/m0/s1. The van der Waals surface area contributed by atoms with E-state index in [1.807, 2.05) is 7.05 Å². The molecule has 0 saturated heterocycles. The molecule has 1 aromatic carbocycles. The molecular formula is C31H41N3O8. The maximum Gasteiger partial charge on any atom is 0.235 e. The summed E-state index contributed by atoms with van der Waals surface area (Å²) in [7, 11) is 6.64. The van der Waals surface area contributed by atoms with Crippen molar-refractivity contribution in [3.8, 4) is 11.5 Å². The summed E-state index contributed by atoms with van der Waals surface area (Å²) in [5, 5.41) is 22.8. The molecule has 0 aromatic heterocycles. The van der Waals surface area contributed by atoms with Crippen molar-refractivity contribution >= 4 is 29.0 Å². The number of aliphatic hydroxyl groups is 1. The Morgan fingerprint density at radius 3 is 2.33 bits per heavy atom. The number of hydrogen-bond donors (Lipinski definition) is 3. The van der Waals surface area contributed by atoms with E-state index in [-0.39, 0.29) is 29.6 Å². The minimum absolute atomic E-state index is 0.00301. The summed E-state index contributed by atoms with van der Waals surface area (Å²) < 4.78 is 5.82. The van der Waals surface area contributed by atoms with Gasteiger partial charge in [-0.3, -0.25) is 28.9 Å². The predicted octanol–water partition coefficient (Wildman–Crippen LogP) is 0.888. The van der Waals surface area contributed by atoms with E-state index in [1.165, 1.54) is 37.3 Å². The van der Waals surface area contributed by atoms with Gasteiger partial charge < -0.3 is 25.6 Å². The van der Waals surface area contributed by atoms with Crippen molar-refractivity contribution in [3.05, 3.63) is 22.8 Å². The molecule has 0 heterocycles. The van der Waals surface area contributed by atoms with Crippen LogP contribution in [0.25, 0.3) is 0 Å². The van der Waals surface area contributed by atoms with E-state index in [0.717, 1.165) is 13.0 Å². The van der Waals surface area contributed by atoms with Crippen LogP contribution in [-0.2, 0) is 32.1 Å². The van der Waals surface area contributed by atoms with Gasteiger partial charge in [-0.15, -0.1) is 0 Å². The summed E-state index contributed by atoms with van der Waals surface area (Å²) in [6.45, 7) is 3.58. The van der Waals surface area contributed by atoms with E-state index in [1.54, 1.807) is 14.1 Å². The lowest BCUT2D eigenvalue weighted by Gasteiger charge is -2.52. The predicted molar refractivity (Wildman–Crippen MR) is 151 cm³/mol. The number of fused-ring (bicyclic) bond motifs is 3. The molecule has 6 atom stereocenters. The number of ether oxygens (including phenoxy) is 1. The molecule has 1 aromatic rings. The number of rotatable bonds is 8. The Bertz CT molecular complexity index is 1360. The van der Waals surface area contributed by atoms with Crippen LogP contribution in [0.3, 0.4) is 0 Å². The first-order chi connectivity index (χ1) is 19.7. The zero-order valence-corrected chi connectivity index (χ0v) is 24.9. The maximum atomic E-state index is 14.0. The third-order valence-electron chi connectivity index (χ3n) is 10.5. The van der Waals surface area contributed by atoms with E-state index in [2.05, 4.69) is 11.8 Å². The first-order valence-corrected chi connectivity index (χ1v) is 14.7. The van der Waals surface area contributed by atoms with Gasteiger partial charge in [0.2, 0.25) is 5.91 Å². The number of nitrogens with two attached hydrogens (primary N) is 1. The average molecular weight is 584 g/mol. The van der Waals surface area contributed by atoms with E-state index < -0.39 is 64.4 Å². The van der Waals surface area contributed by atoms with E-state index >= 15 is 0 Å². The number of amides is 1. The number of Topliss-reactive ketones (excluding diaryl/α,β-unsaturated/α-hetero) is 4. The fourth-order valence-electron chi connectivity index (χ4n) is 8.31. The van der Waals surface area contributed by atoms with E-state index in [0.29, 0.717) is 23.4 Å². The summed E-state index contributed by atoms with van der Waals surface area (Å²) in [6, 6.07) is 0.353. The molecule has 4 aliphatic carbocycles. The number of primary amides is 1. The molecule has 0 radical (unpaired) electrons. The quantitative estimate of drug-likeness (QED) is 0.374. The SMILES string of the molecule is CCC1(CN(C)Cc2cc(O)c3c(c2OC)C[C@H]2C[C@H]4[C@H](N(C)C)C(=O)C(C(N)=O)C(=O)[C@@]4(O)C(=O)C2C3=O)CCC1. The normalized spacial score (nSPS) is 31.9. The van der Waals surface area contributed by atoms with Crippen LogP contribution in [0.15, 0.2) is 6.07 Å². The summed E-state index contributed by atoms with van der Waals surface area (Å²) in [5.74, 6) is -10.1. The third-order valence-corrected chi connectivity index (χ3v) is 10.5. The number of nitrogens with zero attached hydrogens (tertiary/aromatic N) is 2. The number of hydrogen-bond acceptors (Lipinski definition) is 10. The molecule has 4 N–H and O–H groups in total.